The summed E-state index contributed by atoms with van der Waals surface area (Å²) in [6.45, 7) is 0. The molecule has 7 nitrogen and oxygen atoms in total. The molecule has 0 fully saturated rings. The fraction of sp³-hybridized carbons (Fsp3) is 0.0526. The number of anilines is 1. The zero-order chi connectivity index (χ0) is 19.0. The SMILES string of the molecule is CS(=O)(=O)c1ccc(C(=O)Nc2ccc(-c3nc4ccccc4[nH]3)cc2)[nH]1. The average Bonchev–Trinajstić information content (AvgIpc) is 3.29. The second-order valence-corrected chi connectivity index (χ2v) is 8.13. The lowest BCUT2D eigenvalue weighted by molar-refractivity contribution is 0.102. The Labute approximate surface area is 155 Å². The molecule has 4 rings (SSSR count). The number of carbonyl (C=O) groups is 1. The van der Waals surface area contributed by atoms with Gasteiger partial charge in [-0.1, -0.05) is 12.1 Å². The zero-order valence-electron chi connectivity index (χ0n) is 14.4. The van der Waals surface area contributed by atoms with Gasteiger partial charge in [0.1, 0.15) is 16.5 Å². The highest BCUT2D eigenvalue weighted by atomic mass is 32.2. The summed E-state index contributed by atoms with van der Waals surface area (Å²) in [5.41, 5.74) is 3.51. The fourth-order valence-electron chi connectivity index (χ4n) is 2.72. The van der Waals surface area contributed by atoms with Crippen molar-refractivity contribution in [3.8, 4) is 11.4 Å². The molecule has 0 saturated carbocycles. The first-order valence-corrected chi connectivity index (χ1v) is 10.0. The number of imidazole rings is 1. The number of nitrogens with zero attached hydrogens (tertiary/aromatic N) is 1. The number of hydrogen-bond donors (Lipinski definition) is 3. The van der Waals surface area contributed by atoms with Gasteiger partial charge in [0, 0.05) is 17.5 Å². The lowest BCUT2D eigenvalue weighted by atomic mass is 10.2. The van der Waals surface area contributed by atoms with Crippen molar-refractivity contribution in [2.24, 2.45) is 0 Å². The molecule has 3 N–H and O–H groups in total. The molecule has 0 atom stereocenters. The Morgan fingerprint density at radius 3 is 2.37 bits per heavy atom. The van der Waals surface area contributed by atoms with Gasteiger partial charge in [0.25, 0.3) is 5.91 Å². The molecule has 0 spiro atoms. The molecule has 0 saturated heterocycles. The van der Waals surface area contributed by atoms with Crippen LogP contribution in [0.2, 0.25) is 0 Å². The number of H-pyrrole nitrogens is 2. The van der Waals surface area contributed by atoms with E-state index in [9.17, 15) is 13.2 Å². The molecule has 2 heterocycles. The number of sulfone groups is 1. The highest BCUT2D eigenvalue weighted by Crippen LogP contribution is 2.22. The fourth-order valence-corrected chi connectivity index (χ4v) is 3.33. The maximum absolute atomic E-state index is 12.3. The molecule has 2 aromatic heterocycles. The number of aromatic nitrogens is 3. The van der Waals surface area contributed by atoms with E-state index in [4.69, 9.17) is 0 Å². The van der Waals surface area contributed by atoms with Gasteiger partial charge in [-0.15, -0.1) is 0 Å². The molecule has 4 aromatic rings. The van der Waals surface area contributed by atoms with Crippen molar-refractivity contribution in [1.29, 1.82) is 0 Å². The van der Waals surface area contributed by atoms with Gasteiger partial charge >= 0.3 is 0 Å². The summed E-state index contributed by atoms with van der Waals surface area (Å²) in [6, 6.07) is 17.8. The molecule has 27 heavy (non-hydrogen) atoms. The van der Waals surface area contributed by atoms with Crippen LogP contribution in [0, 0.1) is 0 Å². The lowest BCUT2D eigenvalue weighted by Gasteiger charge is -2.05. The number of benzene rings is 2. The first-order valence-electron chi connectivity index (χ1n) is 8.16. The predicted octanol–water partition coefficient (Wildman–Crippen LogP) is 3.21. The van der Waals surface area contributed by atoms with Gasteiger partial charge in [0.15, 0.2) is 9.84 Å². The van der Waals surface area contributed by atoms with E-state index in [2.05, 4.69) is 20.3 Å². The van der Waals surface area contributed by atoms with Gasteiger partial charge in [0.05, 0.1) is 11.0 Å². The second-order valence-electron chi connectivity index (χ2n) is 6.14. The van der Waals surface area contributed by atoms with Gasteiger partial charge < -0.3 is 15.3 Å². The third-order valence-electron chi connectivity index (χ3n) is 4.11. The number of fused-ring (bicyclic) bond motifs is 1. The second kappa shape index (κ2) is 6.40. The number of aromatic amines is 2. The summed E-state index contributed by atoms with van der Waals surface area (Å²) in [7, 11) is -3.38. The molecule has 8 heteroatoms. The van der Waals surface area contributed by atoms with Crippen molar-refractivity contribution in [3.63, 3.8) is 0 Å². The van der Waals surface area contributed by atoms with E-state index in [-0.39, 0.29) is 10.7 Å². The third kappa shape index (κ3) is 3.47. The Kier molecular flexibility index (Phi) is 4.04. The first kappa shape index (κ1) is 17.0. The molecular weight excluding hydrogens is 364 g/mol. The third-order valence-corrected chi connectivity index (χ3v) is 5.15. The minimum Gasteiger partial charge on any atom is -0.342 e. The van der Waals surface area contributed by atoms with Gasteiger partial charge in [-0.2, -0.15) is 0 Å². The number of nitrogens with one attached hydrogen (secondary N) is 3. The summed E-state index contributed by atoms with van der Waals surface area (Å²) >= 11 is 0. The van der Waals surface area contributed by atoms with Crippen LogP contribution in [-0.4, -0.2) is 35.5 Å². The molecule has 2 aromatic carbocycles. The van der Waals surface area contributed by atoms with E-state index in [1.807, 2.05) is 36.4 Å². The quantitative estimate of drug-likeness (QED) is 0.505. The molecule has 1 amide bonds. The molecule has 0 unspecified atom stereocenters. The van der Waals surface area contributed by atoms with Crippen molar-refractivity contribution in [3.05, 3.63) is 66.4 Å². The number of para-hydroxylation sites is 2. The Morgan fingerprint density at radius 1 is 0.963 bits per heavy atom. The highest BCUT2D eigenvalue weighted by Gasteiger charge is 2.14. The van der Waals surface area contributed by atoms with Crippen LogP contribution in [0.3, 0.4) is 0 Å². The van der Waals surface area contributed by atoms with E-state index in [1.54, 1.807) is 12.1 Å². The van der Waals surface area contributed by atoms with Crippen molar-refractivity contribution in [2.45, 2.75) is 5.03 Å². The first-order chi connectivity index (χ1) is 12.9. The van der Waals surface area contributed by atoms with E-state index < -0.39 is 15.7 Å². The summed E-state index contributed by atoms with van der Waals surface area (Å²) < 4.78 is 23.0. The van der Waals surface area contributed by atoms with Crippen molar-refractivity contribution in [1.82, 2.24) is 15.0 Å². The van der Waals surface area contributed by atoms with Crippen molar-refractivity contribution < 1.29 is 13.2 Å². The van der Waals surface area contributed by atoms with Crippen molar-refractivity contribution in [2.75, 3.05) is 11.6 Å². The summed E-state index contributed by atoms with van der Waals surface area (Å²) in [6.07, 6.45) is 1.08. The lowest BCUT2D eigenvalue weighted by Crippen LogP contribution is -2.12. The van der Waals surface area contributed by atoms with Crippen LogP contribution in [-0.2, 0) is 9.84 Å². The Bertz CT molecular complexity index is 1200. The maximum atomic E-state index is 12.3. The Hall–Kier alpha value is -3.39. The highest BCUT2D eigenvalue weighted by molar-refractivity contribution is 7.90. The molecular formula is C19H16N4O3S. The van der Waals surface area contributed by atoms with Crippen LogP contribution in [0.15, 0.2) is 65.7 Å². The Balaban J connectivity index is 1.52. The van der Waals surface area contributed by atoms with Crippen LogP contribution >= 0.6 is 0 Å². The minimum atomic E-state index is -3.38. The van der Waals surface area contributed by atoms with Gasteiger partial charge in [-0.3, -0.25) is 4.79 Å². The molecule has 0 bridgehead atoms. The Morgan fingerprint density at radius 2 is 1.70 bits per heavy atom. The number of hydrogen-bond acceptors (Lipinski definition) is 4. The standard InChI is InChI=1S/C19H16N4O3S/c1-27(25,26)17-11-10-16(21-17)19(24)20-13-8-6-12(7-9-13)18-22-14-4-2-3-5-15(14)23-18/h2-11,21H,1H3,(H,20,24)(H,22,23). The van der Waals surface area contributed by atoms with Gasteiger partial charge in [-0.25, -0.2) is 13.4 Å². The van der Waals surface area contributed by atoms with Crippen LogP contribution in [0.1, 0.15) is 10.5 Å². The normalized spacial score (nSPS) is 11.6. The molecule has 136 valence electrons. The maximum Gasteiger partial charge on any atom is 0.272 e. The summed E-state index contributed by atoms with van der Waals surface area (Å²) in [5, 5.41) is 2.74. The minimum absolute atomic E-state index is 0.00730. The molecule has 0 aliphatic carbocycles. The summed E-state index contributed by atoms with van der Waals surface area (Å²) in [5.74, 6) is 0.331. The molecule has 0 radical (unpaired) electrons. The molecule has 0 aliphatic rings. The smallest absolute Gasteiger partial charge is 0.272 e. The van der Waals surface area contributed by atoms with Crippen LogP contribution in [0.25, 0.3) is 22.4 Å². The van der Waals surface area contributed by atoms with Crippen LogP contribution in [0.5, 0.6) is 0 Å². The van der Waals surface area contributed by atoms with Gasteiger partial charge in [-0.05, 0) is 48.5 Å². The zero-order valence-corrected chi connectivity index (χ0v) is 15.2. The molecule has 0 aliphatic heterocycles. The van der Waals surface area contributed by atoms with E-state index >= 15 is 0 Å². The van der Waals surface area contributed by atoms with Crippen molar-refractivity contribution >= 4 is 32.5 Å². The predicted molar refractivity (Wildman–Crippen MR) is 103 cm³/mol. The van der Waals surface area contributed by atoms with Crippen LogP contribution in [0.4, 0.5) is 5.69 Å². The monoisotopic (exact) mass is 380 g/mol. The van der Waals surface area contributed by atoms with E-state index in [0.29, 0.717) is 5.69 Å². The van der Waals surface area contributed by atoms with E-state index in [0.717, 1.165) is 28.7 Å². The van der Waals surface area contributed by atoms with Crippen LogP contribution < -0.4 is 5.32 Å². The largest absolute Gasteiger partial charge is 0.342 e. The average molecular weight is 380 g/mol. The number of carbonyl (C=O) groups excluding carboxylic acids is 1. The topological polar surface area (TPSA) is 108 Å². The summed E-state index contributed by atoms with van der Waals surface area (Å²) in [4.78, 5) is 22.7. The number of amides is 1. The number of rotatable bonds is 4. The van der Waals surface area contributed by atoms with E-state index in [1.165, 1.54) is 12.1 Å². The van der Waals surface area contributed by atoms with Gasteiger partial charge in [0.2, 0.25) is 0 Å².